The molecule has 0 radical (unpaired) electrons. The Morgan fingerprint density at radius 1 is 1.18 bits per heavy atom. The lowest BCUT2D eigenvalue weighted by Crippen LogP contribution is -2.74. The van der Waals surface area contributed by atoms with Crippen LogP contribution >= 0.6 is 0 Å². The van der Waals surface area contributed by atoms with Crippen molar-refractivity contribution in [1.29, 1.82) is 5.26 Å². The summed E-state index contributed by atoms with van der Waals surface area (Å²) < 4.78 is 6.73. The molecule has 6 aliphatic rings. The predicted molar refractivity (Wildman–Crippen MR) is 167 cm³/mol. The summed E-state index contributed by atoms with van der Waals surface area (Å²) in [5, 5.41) is 40.5. The summed E-state index contributed by atoms with van der Waals surface area (Å²) in [5.74, 6) is 1.86. The summed E-state index contributed by atoms with van der Waals surface area (Å²) in [7, 11) is 0. The molecule has 1 spiro atoms. The quantitative estimate of drug-likeness (QED) is 0.127. The minimum atomic E-state index is -1.03. The molecule has 1 saturated carbocycles. The number of aliphatic imine (C=N–C) groups is 1. The Bertz CT molecular complexity index is 1730. The van der Waals surface area contributed by atoms with Crippen molar-refractivity contribution in [3.8, 4) is 17.7 Å². The Labute approximate surface area is 256 Å². The second-order valence-electron chi connectivity index (χ2n) is 13.8. The van der Waals surface area contributed by atoms with Crippen molar-refractivity contribution in [2.75, 3.05) is 44.6 Å². The zero-order chi connectivity index (χ0) is 29.6. The lowest BCUT2D eigenvalue weighted by Gasteiger charge is -2.62. The Morgan fingerprint density at radius 2 is 2.05 bits per heavy atom. The molecule has 4 atom stereocenters. The minimum absolute atomic E-state index is 0.0143. The van der Waals surface area contributed by atoms with Crippen LogP contribution in [0.3, 0.4) is 0 Å². The number of anilines is 1. The van der Waals surface area contributed by atoms with Crippen LogP contribution in [0.25, 0.3) is 10.9 Å². The fraction of sp³-hybridized carbons (Fsp3) is 0.529. The van der Waals surface area contributed by atoms with E-state index in [9.17, 15) is 15.5 Å². The summed E-state index contributed by atoms with van der Waals surface area (Å²) in [5.41, 5.74) is 4.44. The number of nitrogens with zero attached hydrogens (tertiary/aromatic N) is 4. The highest BCUT2D eigenvalue weighted by Gasteiger charge is 2.72. The van der Waals surface area contributed by atoms with Crippen LogP contribution in [0, 0.1) is 17.4 Å². The average Bonchev–Trinajstić information content (AvgIpc) is 3.37. The number of benzene rings is 2. The number of phenolic OH excluding ortho intramolecular Hbond substituents is 1. The van der Waals surface area contributed by atoms with Crippen LogP contribution in [0.4, 0.5) is 5.69 Å². The summed E-state index contributed by atoms with van der Waals surface area (Å²) >= 11 is 0. The van der Waals surface area contributed by atoms with E-state index in [-0.39, 0.29) is 11.8 Å². The molecule has 2 bridgehead atoms. The topological polar surface area (TPSA) is 132 Å². The zero-order valence-corrected chi connectivity index (χ0v) is 24.9. The van der Waals surface area contributed by atoms with Gasteiger partial charge in [-0.05, 0) is 99.5 Å². The number of nitriles is 1. The van der Waals surface area contributed by atoms with Gasteiger partial charge >= 0.3 is 0 Å². The second kappa shape index (κ2) is 9.61. The molecular weight excluding hydrogens is 554 g/mol. The third-order valence-electron chi connectivity index (χ3n) is 11.5. The number of aromatic nitrogens is 1. The Morgan fingerprint density at radius 3 is 2.86 bits per heavy atom. The van der Waals surface area contributed by atoms with Gasteiger partial charge in [-0.25, -0.2) is 0 Å². The van der Waals surface area contributed by atoms with Gasteiger partial charge in [0.2, 0.25) is 5.96 Å². The average molecular weight is 594 g/mol. The summed E-state index contributed by atoms with van der Waals surface area (Å²) in [6.07, 6.45) is 8.70. The highest BCUT2D eigenvalue weighted by atomic mass is 16.5. The first-order valence-corrected chi connectivity index (χ1v) is 16.3. The van der Waals surface area contributed by atoms with E-state index in [2.05, 4.69) is 36.5 Å². The summed E-state index contributed by atoms with van der Waals surface area (Å²) in [6, 6.07) is 9.92. The van der Waals surface area contributed by atoms with Gasteiger partial charge in [0.1, 0.15) is 0 Å². The number of nitrogens with one attached hydrogen (secondary N) is 3. The van der Waals surface area contributed by atoms with E-state index in [4.69, 9.17) is 4.74 Å². The Kier molecular flexibility index (Phi) is 5.81. The summed E-state index contributed by atoms with van der Waals surface area (Å²) in [4.78, 5) is 13.3. The normalized spacial score (nSPS) is 30.5. The molecule has 9 rings (SSSR count). The second-order valence-corrected chi connectivity index (χ2v) is 13.8. The fourth-order valence-corrected chi connectivity index (χ4v) is 9.31. The number of ether oxygens (including phenoxy) is 1. The van der Waals surface area contributed by atoms with Crippen molar-refractivity contribution < 1.29 is 14.9 Å². The zero-order valence-electron chi connectivity index (χ0n) is 24.9. The number of phenols is 1. The van der Waals surface area contributed by atoms with Crippen molar-refractivity contribution in [3.63, 3.8) is 0 Å². The van der Waals surface area contributed by atoms with E-state index in [1.165, 1.54) is 31.2 Å². The Hall–Kier alpha value is -3.78. The lowest BCUT2D eigenvalue weighted by molar-refractivity contribution is -0.173. The molecule has 4 heterocycles. The van der Waals surface area contributed by atoms with E-state index in [0.29, 0.717) is 24.7 Å². The standard InChI is InChI=1S/C34H39N7O3/c35-19-37-32(36-10-14-40-11-1-2-12-40)38-22-6-7-25-23(16-22)24-17-34(43)27-15-21-5-8-26(42)30-28(21)33(34,31(44-30)29(24)39-25)9-13-41(27)18-20-3-4-20/h5-8,16,20,27,31,39,42-43H,1-4,9-15,17-18H2,(H2,36,37,38)/t27-,31-,33-,34+/m0/s1. The van der Waals surface area contributed by atoms with Gasteiger partial charge in [-0.15, -0.1) is 0 Å². The van der Waals surface area contributed by atoms with E-state index < -0.39 is 17.1 Å². The van der Waals surface area contributed by atoms with Crippen LogP contribution in [0.5, 0.6) is 11.5 Å². The maximum absolute atomic E-state index is 13.1. The van der Waals surface area contributed by atoms with Crippen molar-refractivity contribution >= 4 is 22.5 Å². The van der Waals surface area contributed by atoms with Crippen LogP contribution in [-0.2, 0) is 18.3 Å². The molecule has 44 heavy (non-hydrogen) atoms. The van der Waals surface area contributed by atoms with Crippen LogP contribution in [-0.4, -0.2) is 81.9 Å². The molecule has 3 aromatic rings. The van der Waals surface area contributed by atoms with Gasteiger partial charge in [-0.3, -0.25) is 15.2 Å². The van der Waals surface area contributed by atoms with Gasteiger partial charge in [-0.1, -0.05) is 6.07 Å². The van der Waals surface area contributed by atoms with E-state index in [0.717, 1.165) is 84.9 Å². The van der Waals surface area contributed by atoms with Gasteiger partial charge in [0.15, 0.2) is 23.8 Å². The van der Waals surface area contributed by atoms with Crippen molar-refractivity contribution in [2.45, 2.75) is 68.1 Å². The lowest BCUT2D eigenvalue weighted by atomic mass is 9.49. The van der Waals surface area contributed by atoms with Crippen molar-refractivity contribution in [3.05, 3.63) is 52.7 Å². The highest BCUT2D eigenvalue weighted by Crippen LogP contribution is 2.69. The van der Waals surface area contributed by atoms with Gasteiger partial charge in [0.05, 0.1) is 23.3 Å². The number of aliphatic hydroxyl groups is 1. The monoisotopic (exact) mass is 593 g/mol. The first-order chi connectivity index (χ1) is 21.5. The molecule has 1 aromatic heterocycles. The number of aromatic hydroxyl groups is 1. The van der Waals surface area contributed by atoms with Gasteiger partial charge in [0, 0.05) is 47.7 Å². The number of piperidine rings is 1. The van der Waals surface area contributed by atoms with E-state index in [1.54, 1.807) is 6.07 Å². The largest absolute Gasteiger partial charge is 0.504 e. The number of rotatable bonds is 6. The maximum Gasteiger partial charge on any atom is 0.209 e. The first kappa shape index (κ1) is 26.6. The number of guanidine groups is 1. The molecule has 228 valence electrons. The van der Waals surface area contributed by atoms with Crippen LogP contribution < -0.4 is 15.4 Å². The predicted octanol–water partition coefficient (Wildman–Crippen LogP) is 3.51. The first-order valence-electron chi connectivity index (χ1n) is 16.3. The van der Waals surface area contributed by atoms with Crippen LogP contribution in [0.2, 0.25) is 0 Å². The number of aromatic amines is 1. The molecule has 3 fully saturated rings. The Balaban J connectivity index is 1.10. The number of fused-ring (bicyclic) bond motifs is 4. The molecule has 2 saturated heterocycles. The molecule has 3 aliphatic carbocycles. The minimum Gasteiger partial charge on any atom is -0.504 e. The fourth-order valence-electron chi connectivity index (χ4n) is 9.31. The van der Waals surface area contributed by atoms with Crippen LogP contribution in [0.15, 0.2) is 35.3 Å². The summed E-state index contributed by atoms with van der Waals surface area (Å²) in [6.45, 7) is 5.68. The molecule has 10 heteroatoms. The van der Waals surface area contributed by atoms with Gasteiger partial charge < -0.3 is 30.2 Å². The third-order valence-corrected chi connectivity index (χ3v) is 11.5. The maximum atomic E-state index is 13.1. The number of hydrogen-bond donors (Lipinski definition) is 5. The molecule has 2 aromatic carbocycles. The van der Waals surface area contributed by atoms with Crippen molar-refractivity contribution in [2.24, 2.45) is 10.9 Å². The molecule has 10 nitrogen and oxygen atoms in total. The van der Waals surface area contributed by atoms with Gasteiger partial charge in [0.25, 0.3) is 0 Å². The third kappa shape index (κ3) is 3.73. The number of hydrogen-bond acceptors (Lipinski definition) is 7. The number of H-pyrrole nitrogens is 1. The molecule has 0 unspecified atom stereocenters. The van der Waals surface area contributed by atoms with Crippen molar-refractivity contribution in [1.82, 2.24) is 20.1 Å². The molecular formula is C34H39N7O3. The molecule has 0 amide bonds. The SMILES string of the molecule is N#CNC(=NCCN1CCCC1)Nc1ccc2[nH]c3c(c2c1)C[C@@]1(O)[C@@H]2Cc4ccc(O)c5c4[C@@]1(CCN2CC1CC1)[C@H]3O5. The number of likely N-dealkylation sites (tertiary alicyclic amines) is 2. The molecule has 3 aliphatic heterocycles. The smallest absolute Gasteiger partial charge is 0.209 e. The van der Waals surface area contributed by atoms with Gasteiger partial charge in [-0.2, -0.15) is 5.26 Å². The molecule has 5 N–H and O–H groups in total. The van der Waals surface area contributed by atoms with Crippen LogP contribution in [0.1, 0.15) is 60.6 Å². The van der Waals surface area contributed by atoms with E-state index >= 15 is 0 Å². The van der Waals surface area contributed by atoms with E-state index in [1.807, 2.05) is 24.4 Å². The highest BCUT2D eigenvalue weighted by molar-refractivity contribution is 5.97.